The number of rotatable bonds is 5. The number of hydrogen-bond donors (Lipinski definition) is 1. The first kappa shape index (κ1) is 19.8. The second-order valence-corrected chi connectivity index (χ2v) is 9.36. The Hall–Kier alpha value is -2.83. The number of benzene rings is 2. The number of aromatic carboxylic acids is 1. The van der Waals surface area contributed by atoms with Crippen LogP contribution >= 0.6 is 0 Å². The van der Waals surface area contributed by atoms with E-state index in [0.29, 0.717) is 17.5 Å². The predicted molar refractivity (Wildman–Crippen MR) is 118 cm³/mol. The molecule has 2 aromatic carbocycles. The monoisotopic (exact) mass is 433 g/mol. The molecule has 0 saturated carbocycles. The molecular weight excluding hydrogens is 406 g/mol. The fraction of sp³-hybridized carbons (Fsp3) is 0.423. The second kappa shape index (κ2) is 7.09. The number of likely N-dealkylation sites (tertiary alicyclic amines) is 1. The van der Waals surface area contributed by atoms with E-state index in [9.17, 15) is 9.90 Å². The number of likely N-dealkylation sites (N-methyl/N-ethyl adjacent to an activating group) is 1. The van der Waals surface area contributed by atoms with E-state index in [-0.39, 0.29) is 29.8 Å². The van der Waals surface area contributed by atoms with Crippen LogP contribution in [0.4, 0.5) is 0 Å². The second-order valence-electron chi connectivity index (χ2n) is 9.36. The third-order valence-electron chi connectivity index (χ3n) is 8.01. The van der Waals surface area contributed by atoms with E-state index in [4.69, 9.17) is 14.2 Å². The molecule has 2 heterocycles. The SMILES string of the molecule is COc1ccc2c3c1O[C@H]1[C@@H](OCc4ccccc4C(=O)O)C=C[C@H]4[C@@H](C2)N(C)CC[C@@]341. The summed E-state index contributed by atoms with van der Waals surface area (Å²) in [5.74, 6) is 1.06. The summed E-state index contributed by atoms with van der Waals surface area (Å²) in [4.78, 5) is 14.1. The molecule has 0 amide bonds. The number of carbonyl (C=O) groups is 1. The number of carboxylic acids is 1. The zero-order chi connectivity index (χ0) is 22.0. The minimum Gasteiger partial charge on any atom is -0.493 e. The van der Waals surface area contributed by atoms with Gasteiger partial charge in [0.1, 0.15) is 12.2 Å². The van der Waals surface area contributed by atoms with Crippen LogP contribution in [0.3, 0.4) is 0 Å². The van der Waals surface area contributed by atoms with Crippen LogP contribution in [-0.2, 0) is 23.2 Å². The Labute approximate surface area is 187 Å². The smallest absolute Gasteiger partial charge is 0.336 e. The van der Waals surface area contributed by atoms with E-state index in [1.54, 1.807) is 19.2 Å². The van der Waals surface area contributed by atoms with Gasteiger partial charge in [0.05, 0.1) is 19.3 Å². The molecule has 1 spiro atoms. The molecule has 1 saturated heterocycles. The number of hydrogen-bond acceptors (Lipinski definition) is 5. The van der Waals surface area contributed by atoms with Gasteiger partial charge in [0.15, 0.2) is 11.5 Å². The summed E-state index contributed by atoms with van der Waals surface area (Å²) in [7, 11) is 3.91. The van der Waals surface area contributed by atoms with Crippen LogP contribution in [0.1, 0.15) is 33.5 Å². The molecule has 2 aliphatic carbocycles. The van der Waals surface area contributed by atoms with Crippen LogP contribution in [0, 0.1) is 5.92 Å². The summed E-state index contributed by atoms with van der Waals surface area (Å²) in [6.45, 7) is 1.24. The van der Waals surface area contributed by atoms with Gasteiger partial charge in [-0.2, -0.15) is 0 Å². The summed E-state index contributed by atoms with van der Waals surface area (Å²) in [5.41, 5.74) is 3.47. The number of methoxy groups -OCH3 is 1. The van der Waals surface area contributed by atoms with Crippen molar-refractivity contribution < 1.29 is 24.1 Å². The van der Waals surface area contributed by atoms with Crippen LogP contribution in [0.25, 0.3) is 0 Å². The molecule has 4 aliphatic rings. The zero-order valence-corrected chi connectivity index (χ0v) is 18.3. The standard InChI is InChI=1S/C26H27NO5/c1-27-12-11-26-18-8-10-21(31-14-16-5-3-4-6-17(16)25(28)29)24(26)32-23-20(30-2)9-7-15(22(23)26)13-19(18)27/h3-10,18-19,21,24H,11-14H2,1-2H3,(H,28,29)/t18-,19+,21-,24-,26-/m0/s1. The molecule has 6 heteroatoms. The highest BCUT2D eigenvalue weighted by molar-refractivity contribution is 5.89. The highest BCUT2D eigenvalue weighted by atomic mass is 16.6. The molecule has 0 unspecified atom stereocenters. The van der Waals surface area contributed by atoms with Crippen LogP contribution in [0.15, 0.2) is 48.6 Å². The van der Waals surface area contributed by atoms with Crippen molar-refractivity contribution in [1.82, 2.24) is 4.90 Å². The van der Waals surface area contributed by atoms with Crippen LogP contribution in [0.2, 0.25) is 0 Å². The summed E-state index contributed by atoms with van der Waals surface area (Å²) in [6, 6.07) is 11.7. The fourth-order valence-corrected chi connectivity index (χ4v) is 6.55. The maximum absolute atomic E-state index is 11.6. The third kappa shape index (κ3) is 2.57. The average molecular weight is 434 g/mol. The van der Waals surface area contributed by atoms with Gasteiger partial charge in [0, 0.05) is 22.9 Å². The minimum atomic E-state index is -0.939. The molecule has 32 heavy (non-hydrogen) atoms. The van der Waals surface area contributed by atoms with E-state index in [1.165, 1.54) is 11.1 Å². The largest absolute Gasteiger partial charge is 0.493 e. The highest BCUT2D eigenvalue weighted by Gasteiger charge is 2.64. The van der Waals surface area contributed by atoms with Gasteiger partial charge in [-0.05, 0) is 49.7 Å². The fourth-order valence-electron chi connectivity index (χ4n) is 6.55. The lowest BCUT2D eigenvalue weighted by Gasteiger charge is -2.56. The van der Waals surface area contributed by atoms with E-state index >= 15 is 0 Å². The Kier molecular flexibility index (Phi) is 4.39. The van der Waals surface area contributed by atoms with Gasteiger partial charge in [-0.1, -0.05) is 36.4 Å². The number of piperidine rings is 1. The van der Waals surface area contributed by atoms with Crippen molar-refractivity contribution in [2.24, 2.45) is 5.92 Å². The lowest BCUT2D eigenvalue weighted by Crippen LogP contribution is -2.65. The Morgan fingerprint density at radius 3 is 2.91 bits per heavy atom. The topological polar surface area (TPSA) is 68.2 Å². The van der Waals surface area contributed by atoms with Crippen molar-refractivity contribution in [3.8, 4) is 11.5 Å². The first-order valence-electron chi connectivity index (χ1n) is 11.2. The van der Waals surface area contributed by atoms with Crippen molar-refractivity contribution >= 4 is 5.97 Å². The Morgan fingerprint density at radius 2 is 2.09 bits per heavy atom. The molecule has 6 rings (SSSR count). The van der Waals surface area contributed by atoms with Gasteiger partial charge in [-0.15, -0.1) is 0 Å². The predicted octanol–water partition coefficient (Wildman–Crippen LogP) is 3.42. The van der Waals surface area contributed by atoms with Gasteiger partial charge in [0.25, 0.3) is 0 Å². The number of carboxylic acid groups (broad SMARTS) is 1. The van der Waals surface area contributed by atoms with Gasteiger partial charge in [-0.3, -0.25) is 0 Å². The first-order valence-corrected chi connectivity index (χ1v) is 11.2. The minimum absolute atomic E-state index is 0.139. The Morgan fingerprint density at radius 1 is 1.25 bits per heavy atom. The van der Waals surface area contributed by atoms with E-state index < -0.39 is 5.97 Å². The normalized spacial score (nSPS) is 31.7. The van der Waals surface area contributed by atoms with Gasteiger partial charge < -0.3 is 24.2 Å². The van der Waals surface area contributed by atoms with Crippen molar-refractivity contribution in [2.75, 3.05) is 20.7 Å². The van der Waals surface area contributed by atoms with Crippen LogP contribution in [-0.4, -0.2) is 54.9 Å². The molecule has 6 nitrogen and oxygen atoms in total. The number of nitrogens with zero attached hydrogens (tertiary/aromatic N) is 1. The van der Waals surface area contributed by atoms with E-state index in [1.807, 2.05) is 18.2 Å². The number of ether oxygens (including phenoxy) is 3. The van der Waals surface area contributed by atoms with Crippen molar-refractivity contribution in [3.63, 3.8) is 0 Å². The van der Waals surface area contributed by atoms with Crippen molar-refractivity contribution in [2.45, 2.75) is 43.1 Å². The molecule has 2 aliphatic heterocycles. The molecule has 2 aromatic rings. The molecule has 0 aromatic heterocycles. The lowest BCUT2D eigenvalue weighted by molar-refractivity contribution is -0.0755. The average Bonchev–Trinajstić information content (AvgIpc) is 3.15. The highest BCUT2D eigenvalue weighted by Crippen LogP contribution is 2.62. The van der Waals surface area contributed by atoms with E-state index in [2.05, 4.69) is 30.2 Å². The molecule has 1 N–H and O–H groups in total. The summed E-state index contributed by atoms with van der Waals surface area (Å²) in [6.07, 6.45) is 6.04. The summed E-state index contributed by atoms with van der Waals surface area (Å²) in [5, 5.41) is 9.53. The van der Waals surface area contributed by atoms with Gasteiger partial charge in [0.2, 0.25) is 0 Å². The molecule has 5 atom stereocenters. The van der Waals surface area contributed by atoms with Gasteiger partial charge in [-0.25, -0.2) is 4.79 Å². The lowest BCUT2D eigenvalue weighted by atomic mass is 9.53. The third-order valence-corrected chi connectivity index (χ3v) is 8.01. The Bertz CT molecular complexity index is 1130. The van der Waals surface area contributed by atoms with Gasteiger partial charge >= 0.3 is 5.97 Å². The van der Waals surface area contributed by atoms with E-state index in [0.717, 1.165) is 30.9 Å². The zero-order valence-electron chi connectivity index (χ0n) is 18.3. The maximum atomic E-state index is 11.6. The van der Waals surface area contributed by atoms with Crippen LogP contribution < -0.4 is 9.47 Å². The maximum Gasteiger partial charge on any atom is 0.336 e. The molecular formula is C26H27NO5. The van der Waals surface area contributed by atoms with Crippen molar-refractivity contribution in [3.05, 3.63) is 70.8 Å². The van der Waals surface area contributed by atoms with Crippen LogP contribution in [0.5, 0.6) is 11.5 Å². The Balaban J connectivity index is 1.40. The first-order chi connectivity index (χ1) is 15.5. The molecule has 2 bridgehead atoms. The molecule has 166 valence electrons. The van der Waals surface area contributed by atoms with Crippen molar-refractivity contribution in [1.29, 1.82) is 0 Å². The summed E-state index contributed by atoms with van der Waals surface area (Å²) >= 11 is 0. The molecule has 0 radical (unpaired) electrons. The quantitative estimate of drug-likeness (QED) is 0.729. The summed E-state index contributed by atoms with van der Waals surface area (Å²) < 4.78 is 18.7. The molecule has 1 fully saturated rings.